The monoisotopic (exact) mass is 587 g/mol. The number of hydrogen-bond acceptors (Lipinski definition) is 2. The molecule has 0 aromatic heterocycles. The highest BCUT2D eigenvalue weighted by molar-refractivity contribution is 5.47. The first kappa shape index (κ1) is 32.5. The van der Waals surface area contributed by atoms with Gasteiger partial charge in [0.1, 0.15) is 5.60 Å². The molecule has 0 aliphatic heterocycles. The molecular weight excluding hydrogens is 565 g/mol. The number of aliphatic hydroxyl groups is 1. The van der Waals surface area contributed by atoms with Crippen molar-refractivity contribution < 1.29 is 62.2 Å². The Balaban J connectivity index is 2.69. The zero-order valence-corrected chi connectivity index (χ0v) is 20.3. The maximum absolute atomic E-state index is 14.9. The van der Waals surface area contributed by atoms with Gasteiger partial charge in [-0.15, -0.1) is 0 Å². The Bertz CT molecular complexity index is 1120. The predicted molar refractivity (Wildman–Crippen MR) is 115 cm³/mol. The molecular formula is C24H22F13NO. The summed E-state index contributed by atoms with van der Waals surface area (Å²) >= 11 is 0. The van der Waals surface area contributed by atoms with Crippen LogP contribution in [0.1, 0.15) is 30.4 Å². The first-order valence-corrected chi connectivity index (χ1v) is 10.9. The predicted octanol–water partition coefficient (Wildman–Crippen LogP) is 7.87. The highest BCUT2D eigenvalue weighted by Gasteiger charge is 2.90. The first-order valence-electron chi connectivity index (χ1n) is 10.9. The van der Waals surface area contributed by atoms with E-state index >= 15 is 0 Å². The number of anilines is 1. The molecule has 2 rings (SSSR count). The van der Waals surface area contributed by atoms with Gasteiger partial charge in [-0.2, -0.15) is 57.1 Å². The minimum atomic E-state index is -8.01. The molecule has 2 aromatic carbocycles. The van der Waals surface area contributed by atoms with E-state index < -0.39 is 59.3 Å². The van der Waals surface area contributed by atoms with E-state index in [0.717, 1.165) is 19.1 Å². The molecule has 220 valence electrons. The quantitative estimate of drug-likeness (QED) is 0.286. The lowest BCUT2D eigenvalue weighted by atomic mass is 9.73. The van der Waals surface area contributed by atoms with Crippen LogP contribution in [0.15, 0.2) is 54.6 Å². The molecule has 2 aromatic rings. The molecule has 0 fully saturated rings. The number of rotatable bonds is 10. The highest BCUT2D eigenvalue weighted by atomic mass is 19.4. The maximum Gasteiger partial charge on any atom is 0.460 e. The average molecular weight is 587 g/mol. The second-order valence-corrected chi connectivity index (χ2v) is 9.17. The fourth-order valence-electron chi connectivity index (χ4n) is 3.82. The third-order valence-corrected chi connectivity index (χ3v) is 6.39. The lowest BCUT2D eigenvalue weighted by Crippen LogP contribution is -2.70. The van der Waals surface area contributed by atoms with Crippen molar-refractivity contribution in [3.63, 3.8) is 0 Å². The van der Waals surface area contributed by atoms with Gasteiger partial charge in [0, 0.05) is 25.7 Å². The standard InChI is InChI=1S/C24H22F13NO/c1-14(15-7-5-4-6-8-15)18(39,16-9-11-17(12-10-16)38(2)3)13-19(25,26)20(27,28)21(29,30)22(31,32)23(33,34)24(35,36)37/h4-12,14,39H,13H2,1-3H3. The molecule has 0 saturated heterocycles. The topological polar surface area (TPSA) is 23.5 Å². The van der Waals surface area contributed by atoms with Gasteiger partial charge in [-0.25, -0.2) is 0 Å². The first-order chi connectivity index (χ1) is 17.4. The Hall–Kier alpha value is -2.71. The SMILES string of the molecule is CC(c1ccccc1)C(O)(CC(F)(F)C(F)(F)C(F)(F)C(F)(F)C(F)(F)C(F)(F)F)c1ccc(N(C)C)cc1. The van der Waals surface area contributed by atoms with Crippen LogP contribution in [0.2, 0.25) is 0 Å². The van der Waals surface area contributed by atoms with Crippen LogP contribution in [0, 0.1) is 0 Å². The summed E-state index contributed by atoms with van der Waals surface area (Å²) < 4.78 is 178. The lowest BCUT2D eigenvalue weighted by Gasteiger charge is -2.43. The maximum atomic E-state index is 14.9. The van der Waals surface area contributed by atoms with Gasteiger partial charge in [-0.3, -0.25) is 0 Å². The normalized spacial score (nSPS) is 16.5. The molecule has 2 unspecified atom stereocenters. The minimum Gasteiger partial charge on any atom is -0.384 e. The molecule has 2 atom stereocenters. The summed E-state index contributed by atoms with van der Waals surface area (Å²) in [5.74, 6) is -39.4. The van der Waals surface area contributed by atoms with Crippen molar-refractivity contribution in [2.75, 3.05) is 19.0 Å². The fourth-order valence-corrected chi connectivity index (χ4v) is 3.82. The van der Waals surface area contributed by atoms with Crippen LogP contribution in [0.25, 0.3) is 0 Å². The number of halogens is 13. The molecule has 0 spiro atoms. The summed E-state index contributed by atoms with van der Waals surface area (Å²) in [7, 11) is 3.09. The van der Waals surface area contributed by atoms with Crippen LogP contribution < -0.4 is 4.90 Å². The Morgan fingerprint density at radius 3 is 1.49 bits per heavy atom. The van der Waals surface area contributed by atoms with Crippen LogP contribution in [0.4, 0.5) is 62.8 Å². The molecule has 1 N–H and O–H groups in total. The van der Waals surface area contributed by atoms with Gasteiger partial charge in [0.25, 0.3) is 0 Å². The third kappa shape index (κ3) is 5.25. The van der Waals surface area contributed by atoms with Crippen LogP contribution in [0.5, 0.6) is 0 Å². The van der Waals surface area contributed by atoms with Crippen molar-refractivity contribution in [2.24, 2.45) is 0 Å². The summed E-state index contributed by atoms with van der Waals surface area (Å²) in [5, 5.41) is 11.3. The molecule has 0 heterocycles. The molecule has 15 heteroatoms. The molecule has 2 nitrogen and oxygen atoms in total. The average Bonchev–Trinajstić information content (AvgIpc) is 2.82. The smallest absolute Gasteiger partial charge is 0.384 e. The summed E-state index contributed by atoms with van der Waals surface area (Å²) in [6.45, 7) is 1.01. The zero-order chi connectivity index (χ0) is 30.5. The van der Waals surface area contributed by atoms with E-state index in [2.05, 4.69) is 0 Å². The van der Waals surface area contributed by atoms with Crippen molar-refractivity contribution in [3.8, 4) is 0 Å². The number of benzene rings is 2. The van der Waals surface area contributed by atoms with Gasteiger partial charge in [-0.05, 0) is 23.3 Å². The van der Waals surface area contributed by atoms with Crippen molar-refractivity contribution in [2.45, 2.75) is 60.7 Å². The molecule has 0 amide bonds. The summed E-state index contributed by atoms with van der Waals surface area (Å²) in [4.78, 5) is 1.50. The van der Waals surface area contributed by atoms with Crippen LogP contribution in [-0.4, -0.2) is 55.0 Å². The number of alkyl halides is 13. The van der Waals surface area contributed by atoms with Crippen LogP contribution in [0.3, 0.4) is 0 Å². The van der Waals surface area contributed by atoms with Crippen molar-refractivity contribution >= 4 is 5.69 Å². The van der Waals surface area contributed by atoms with Crippen molar-refractivity contribution in [1.29, 1.82) is 0 Å². The van der Waals surface area contributed by atoms with E-state index in [1.165, 1.54) is 47.4 Å². The Kier molecular flexibility index (Phi) is 8.37. The summed E-state index contributed by atoms with van der Waals surface area (Å²) in [6.07, 6.45) is -10.3. The molecule has 0 bridgehead atoms. The van der Waals surface area contributed by atoms with Gasteiger partial charge >= 0.3 is 35.8 Å². The molecule has 0 aliphatic rings. The van der Waals surface area contributed by atoms with E-state index in [4.69, 9.17) is 0 Å². The number of hydrogen-bond donors (Lipinski definition) is 1. The third-order valence-electron chi connectivity index (χ3n) is 6.39. The second kappa shape index (κ2) is 10.0. The van der Waals surface area contributed by atoms with E-state index in [1.807, 2.05) is 0 Å². The Labute approximate surface area is 214 Å². The van der Waals surface area contributed by atoms with Crippen molar-refractivity contribution in [3.05, 3.63) is 65.7 Å². The van der Waals surface area contributed by atoms with Gasteiger partial charge in [-0.1, -0.05) is 49.4 Å². The number of nitrogens with zero attached hydrogens (tertiary/aromatic N) is 1. The van der Waals surface area contributed by atoms with E-state index in [1.54, 1.807) is 14.1 Å². The van der Waals surface area contributed by atoms with Gasteiger partial charge < -0.3 is 10.0 Å². The van der Waals surface area contributed by atoms with Crippen molar-refractivity contribution in [1.82, 2.24) is 0 Å². The van der Waals surface area contributed by atoms with Gasteiger partial charge in [0.15, 0.2) is 0 Å². The second-order valence-electron chi connectivity index (χ2n) is 9.17. The Morgan fingerprint density at radius 2 is 1.08 bits per heavy atom. The molecule has 0 saturated carbocycles. The molecule has 0 aliphatic carbocycles. The van der Waals surface area contributed by atoms with E-state index in [-0.39, 0.29) is 5.56 Å². The fraction of sp³-hybridized carbons (Fsp3) is 0.500. The lowest BCUT2D eigenvalue weighted by molar-refractivity contribution is -0.441. The minimum absolute atomic E-state index is 0.0171. The Morgan fingerprint density at radius 1 is 0.641 bits per heavy atom. The van der Waals surface area contributed by atoms with Gasteiger partial charge in [0.05, 0.1) is 6.42 Å². The van der Waals surface area contributed by atoms with E-state index in [0.29, 0.717) is 5.69 Å². The summed E-state index contributed by atoms with van der Waals surface area (Å²) in [6, 6.07) is 10.9. The zero-order valence-electron chi connectivity index (χ0n) is 20.3. The van der Waals surface area contributed by atoms with Gasteiger partial charge in [0.2, 0.25) is 0 Å². The summed E-state index contributed by atoms with van der Waals surface area (Å²) in [5.41, 5.74) is -3.46. The largest absolute Gasteiger partial charge is 0.460 e. The molecule has 39 heavy (non-hydrogen) atoms. The molecule has 0 radical (unpaired) electrons. The van der Waals surface area contributed by atoms with E-state index in [9.17, 15) is 62.2 Å². The highest BCUT2D eigenvalue weighted by Crippen LogP contribution is 2.62. The van der Waals surface area contributed by atoms with Crippen LogP contribution in [-0.2, 0) is 5.60 Å². The van der Waals surface area contributed by atoms with Crippen LogP contribution >= 0.6 is 0 Å².